The van der Waals surface area contributed by atoms with Gasteiger partial charge < -0.3 is 14.4 Å². The summed E-state index contributed by atoms with van der Waals surface area (Å²) in [7, 11) is 1.90. The van der Waals surface area contributed by atoms with Crippen molar-refractivity contribution in [2.45, 2.75) is 31.9 Å². The number of aliphatic hydroxyl groups is 1. The monoisotopic (exact) mass is 343 g/mol. The minimum absolute atomic E-state index is 0.0797. The van der Waals surface area contributed by atoms with Crippen molar-refractivity contribution in [1.29, 1.82) is 0 Å². The minimum Gasteiger partial charge on any atom is -0.439 e. The molecular formula is C19H25N3O3. The Balaban J connectivity index is 1.60. The highest BCUT2D eigenvalue weighted by molar-refractivity contribution is 5.78. The van der Waals surface area contributed by atoms with E-state index in [0.717, 1.165) is 11.3 Å². The van der Waals surface area contributed by atoms with E-state index < -0.39 is 0 Å². The number of nitrogens with zero attached hydrogens (tertiary/aromatic N) is 3. The molecule has 1 aliphatic rings. The summed E-state index contributed by atoms with van der Waals surface area (Å²) in [5.74, 6) is 1.41. The number of piperidine rings is 1. The molecule has 1 fully saturated rings. The van der Waals surface area contributed by atoms with Crippen molar-refractivity contribution in [3.8, 4) is 11.3 Å². The summed E-state index contributed by atoms with van der Waals surface area (Å²) in [4.78, 5) is 20.6. The van der Waals surface area contributed by atoms with Crippen LogP contribution in [0.1, 0.15) is 31.7 Å². The third-order valence-corrected chi connectivity index (χ3v) is 4.80. The lowest BCUT2D eigenvalue weighted by molar-refractivity contribution is -0.134. The second-order valence-electron chi connectivity index (χ2n) is 6.63. The number of carbonyl (C=O) groups excluding carboxylic acids is 1. The van der Waals surface area contributed by atoms with Crippen molar-refractivity contribution < 1.29 is 14.3 Å². The molecule has 3 rings (SSSR count). The average Bonchev–Trinajstić information content (AvgIpc) is 3.12. The first-order chi connectivity index (χ1) is 12.0. The first kappa shape index (κ1) is 17.6. The number of aromatic nitrogens is 1. The van der Waals surface area contributed by atoms with Crippen LogP contribution < -0.4 is 0 Å². The Bertz CT molecular complexity index is 693. The van der Waals surface area contributed by atoms with Crippen LogP contribution in [0.25, 0.3) is 11.3 Å². The van der Waals surface area contributed by atoms with Gasteiger partial charge >= 0.3 is 0 Å². The number of carbonyl (C=O) groups is 1. The van der Waals surface area contributed by atoms with Crippen molar-refractivity contribution in [2.75, 3.05) is 26.7 Å². The van der Waals surface area contributed by atoms with Gasteiger partial charge in [-0.25, -0.2) is 4.98 Å². The van der Waals surface area contributed by atoms with Crippen molar-refractivity contribution in [3.05, 3.63) is 42.4 Å². The fraction of sp³-hybridized carbons (Fsp3) is 0.474. The summed E-state index contributed by atoms with van der Waals surface area (Å²) in [6, 6.07) is 9.74. The zero-order valence-corrected chi connectivity index (χ0v) is 14.8. The number of hydrogen-bond acceptors (Lipinski definition) is 5. The van der Waals surface area contributed by atoms with E-state index in [9.17, 15) is 9.90 Å². The van der Waals surface area contributed by atoms with Crippen molar-refractivity contribution in [2.24, 2.45) is 0 Å². The zero-order valence-electron chi connectivity index (χ0n) is 14.8. The van der Waals surface area contributed by atoms with Crippen molar-refractivity contribution in [3.63, 3.8) is 0 Å². The van der Waals surface area contributed by atoms with Gasteiger partial charge in [0.2, 0.25) is 11.8 Å². The number of amides is 1. The molecule has 1 atom stereocenters. The maximum absolute atomic E-state index is 12.4. The Morgan fingerprint density at radius 1 is 1.36 bits per heavy atom. The molecule has 6 heteroatoms. The molecule has 0 aliphatic carbocycles. The van der Waals surface area contributed by atoms with Gasteiger partial charge in [0, 0.05) is 18.7 Å². The molecule has 2 aromatic rings. The number of rotatable bonds is 5. The third kappa shape index (κ3) is 4.27. The SMILES string of the molecule is CC(c1ncc(-c2ccccc2)o1)N(C)CC(=O)N1CCC(O)CC1. The summed E-state index contributed by atoms with van der Waals surface area (Å²) in [5.41, 5.74) is 0.985. The molecule has 1 N–H and O–H groups in total. The Kier molecular flexibility index (Phi) is 5.50. The van der Waals surface area contributed by atoms with Gasteiger partial charge in [0.1, 0.15) is 0 Å². The number of likely N-dealkylation sites (N-methyl/N-ethyl adjacent to an activating group) is 1. The second-order valence-corrected chi connectivity index (χ2v) is 6.63. The summed E-state index contributed by atoms with van der Waals surface area (Å²) in [6.45, 7) is 3.53. The molecule has 1 saturated heterocycles. The topological polar surface area (TPSA) is 69.8 Å². The number of benzene rings is 1. The van der Waals surface area contributed by atoms with Crippen molar-refractivity contribution in [1.82, 2.24) is 14.8 Å². The number of likely N-dealkylation sites (tertiary alicyclic amines) is 1. The number of aliphatic hydroxyl groups excluding tert-OH is 1. The van der Waals surface area contributed by atoms with Crippen LogP contribution in [-0.4, -0.2) is 58.6 Å². The maximum Gasteiger partial charge on any atom is 0.236 e. The van der Waals surface area contributed by atoms with Crippen LogP contribution in [0.5, 0.6) is 0 Å². The Hall–Kier alpha value is -2.18. The largest absolute Gasteiger partial charge is 0.439 e. The number of oxazole rings is 1. The van der Waals surface area contributed by atoms with Crippen LogP contribution in [0.15, 0.2) is 40.9 Å². The van der Waals surface area contributed by atoms with E-state index in [1.54, 1.807) is 6.20 Å². The van der Waals surface area contributed by atoms with Gasteiger partial charge in [-0.3, -0.25) is 9.69 Å². The number of hydrogen-bond donors (Lipinski definition) is 1. The van der Waals surface area contributed by atoms with Crippen LogP contribution in [0.4, 0.5) is 0 Å². The Morgan fingerprint density at radius 3 is 2.72 bits per heavy atom. The van der Waals surface area contributed by atoms with Gasteiger partial charge in [-0.15, -0.1) is 0 Å². The van der Waals surface area contributed by atoms with Crippen LogP contribution in [0.3, 0.4) is 0 Å². The van der Waals surface area contributed by atoms with E-state index in [0.29, 0.717) is 38.4 Å². The first-order valence-electron chi connectivity index (χ1n) is 8.72. The van der Waals surface area contributed by atoms with Crippen LogP contribution in [-0.2, 0) is 4.79 Å². The van der Waals surface area contributed by atoms with Gasteiger partial charge in [-0.05, 0) is 26.8 Å². The highest BCUT2D eigenvalue weighted by Crippen LogP contribution is 2.25. The molecule has 25 heavy (non-hydrogen) atoms. The summed E-state index contributed by atoms with van der Waals surface area (Å²) >= 11 is 0. The molecule has 1 aromatic carbocycles. The quantitative estimate of drug-likeness (QED) is 0.902. The van der Waals surface area contributed by atoms with Gasteiger partial charge in [-0.1, -0.05) is 30.3 Å². The molecule has 1 aliphatic heterocycles. The molecule has 0 bridgehead atoms. The third-order valence-electron chi connectivity index (χ3n) is 4.80. The smallest absolute Gasteiger partial charge is 0.236 e. The van der Waals surface area contributed by atoms with E-state index in [1.807, 2.05) is 54.1 Å². The molecule has 1 unspecified atom stereocenters. The van der Waals surface area contributed by atoms with Crippen LogP contribution >= 0.6 is 0 Å². The molecule has 1 aromatic heterocycles. The molecular weight excluding hydrogens is 318 g/mol. The highest BCUT2D eigenvalue weighted by atomic mass is 16.4. The van der Waals surface area contributed by atoms with Crippen molar-refractivity contribution >= 4 is 5.91 Å². The van der Waals surface area contributed by atoms with E-state index >= 15 is 0 Å². The Labute approximate surface area is 148 Å². The van der Waals surface area contributed by atoms with Gasteiger partial charge in [0.15, 0.2) is 5.76 Å². The van der Waals surface area contributed by atoms with E-state index in [4.69, 9.17) is 4.42 Å². The van der Waals surface area contributed by atoms with Gasteiger partial charge in [-0.2, -0.15) is 0 Å². The summed E-state index contributed by atoms with van der Waals surface area (Å²) in [5, 5.41) is 9.55. The molecule has 0 saturated carbocycles. The maximum atomic E-state index is 12.4. The van der Waals surface area contributed by atoms with Gasteiger partial charge in [0.05, 0.1) is 24.9 Å². The first-order valence-corrected chi connectivity index (χ1v) is 8.72. The predicted octanol–water partition coefficient (Wildman–Crippen LogP) is 2.32. The molecule has 134 valence electrons. The second kappa shape index (κ2) is 7.80. The summed E-state index contributed by atoms with van der Waals surface area (Å²) < 4.78 is 5.88. The molecule has 1 amide bonds. The standard InChI is InChI=1S/C19H25N3O3/c1-14(19-20-12-17(25-19)15-6-4-3-5-7-15)21(2)13-18(24)22-10-8-16(23)9-11-22/h3-7,12,14,16,23H,8-11,13H2,1-2H3. The average molecular weight is 343 g/mol. The summed E-state index contributed by atoms with van der Waals surface area (Å²) in [6.07, 6.45) is 2.77. The van der Waals surface area contributed by atoms with Crippen LogP contribution in [0, 0.1) is 0 Å². The fourth-order valence-electron chi connectivity index (χ4n) is 2.97. The van der Waals surface area contributed by atoms with E-state index in [1.165, 1.54) is 0 Å². The van der Waals surface area contributed by atoms with E-state index in [-0.39, 0.29) is 18.1 Å². The lowest BCUT2D eigenvalue weighted by Gasteiger charge is -2.31. The lowest BCUT2D eigenvalue weighted by Crippen LogP contribution is -2.44. The molecule has 0 spiro atoms. The molecule has 2 heterocycles. The lowest BCUT2D eigenvalue weighted by atomic mass is 10.1. The van der Waals surface area contributed by atoms with Crippen LogP contribution in [0.2, 0.25) is 0 Å². The fourth-order valence-corrected chi connectivity index (χ4v) is 2.97. The molecule has 0 radical (unpaired) electrons. The predicted molar refractivity (Wildman–Crippen MR) is 94.8 cm³/mol. The normalized spacial score (nSPS) is 17.0. The van der Waals surface area contributed by atoms with E-state index in [2.05, 4.69) is 4.98 Å². The molecule has 6 nitrogen and oxygen atoms in total. The highest BCUT2D eigenvalue weighted by Gasteiger charge is 2.25. The van der Waals surface area contributed by atoms with Gasteiger partial charge in [0.25, 0.3) is 0 Å². The Morgan fingerprint density at radius 2 is 2.04 bits per heavy atom. The minimum atomic E-state index is -0.274. The zero-order chi connectivity index (χ0) is 17.8.